The molecule has 0 spiro atoms. The lowest BCUT2D eigenvalue weighted by Crippen LogP contribution is -2.31. The predicted molar refractivity (Wildman–Crippen MR) is 145 cm³/mol. The maximum atomic E-state index is 13.9. The first-order chi connectivity index (χ1) is 18.6. The van der Waals surface area contributed by atoms with Crippen molar-refractivity contribution in [2.24, 2.45) is 0 Å². The zero-order chi connectivity index (χ0) is 28.6. The van der Waals surface area contributed by atoms with Gasteiger partial charge in [-0.1, -0.05) is 25.8 Å². The molecule has 1 unspecified atom stereocenters. The van der Waals surface area contributed by atoms with Crippen molar-refractivity contribution in [2.45, 2.75) is 39.0 Å². The smallest absolute Gasteiger partial charge is 0.382 e. The molecular formula is C28H32F3N7O. The Labute approximate surface area is 226 Å². The Morgan fingerprint density at radius 1 is 1.13 bits per heavy atom. The van der Waals surface area contributed by atoms with Gasteiger partial charge >= 0.3 is 6.18 Å². The highest BCUT2D eigenvalue weighted by atomic mass is 19.4. The Hall–Kier alpha value is -4.01. The maximum Gasteiger partial charge on any atom is 0.416 e. The number of likely N-dealkylation sites (N-methyl/N-ethyl adjacent to an activating group) is 1. The average molecular weight is 540 g/mol. The number of aromatic nitrogens is 3. The molecule has 0 radical (unpaired) electrons. The minimum absolute atomic E-state index is 0.0438. The van der Waals surface area contributed by atoms with Gasteiger partial charge in [-0.2, -0.15) is 13.2 Å². The number of anilines is 2. The van der Waals surface area contributed by atoms with Gasteiger partial charge in [0.15, 0.2) is 0 Å². The highest BCUT2D eigenvalue weighted by molar-refractivity contribution is 6.04. The Kier molecular flexibility index (Phi) is 9.98. The van der Waals surface area contributed by atoms with Crippen LogP contribution >= 0.6 is 0 Å². The molecule has 1 aliphatic heterocycles. The predicted octanol–water partition coefficient (Wildman–Crippen LogP) is 4.29. The van der Waals surface area contributed by atoms with Crippen LogP contribution in [0.15, 0.2) is 48.8 Å². The van der Waals surface area contributed by atoms with Gasteiger partial charge in [0.05, 0.1) is 11.1 Å². The number of amides is 1. The Balaban J connectivity index is 0.00000205. The van der Waals surface area contributed by atoms with Gasteiger partial charge < -0.3 is 16.0 Å². The van der Waals surface area contributed by atoms with Crippen LogP contribution in [0.3, 0.4) is 0 Å². The molecular weight excluding hydrogens is 507 g/mol. The third kappa shape index (κ3) is 8.24. The molecule has 1 aliphatic rings. The molecule has 2 aromatic heterocycles. The Morgan fingerprint density at radius 2 is 1.90 bits per heavy atom. The summed E-state index contributed by atoms with van der Waals surface area (Å²) in [7, 11) is 3.94. The van der Waals surface area contributed by atoms with Crippen LogP contribution < -0.4 is 11.1 Å². The molecule has 206 valence electrons. The topological polar surface area (TPSA) is 100 Å². The van der Waals surface area contributed by atoms with Crippen molar-refractivity contribution in [3.05, 3.63) is 76.7 Å². The van der Waals surface area contributed by atoms with Gasteiger partial charge in [0.25, 0.3) is 5.91 Å². The summed E-state index contributed by atoms with van der Waals surface area (Å²) >= 11 is 0. The molecule has 0 bridgehead atoms. The fourth-order valence-corrected chi connectivity index (χ4v) is 4.06. The molecule has 39 heavy (non-hydrogen) atoms. The highest BCUT2D eigenvalue weighted by Gasteiger charge is 2.35. The van der Waals surface area contributed by atoms with E-state index in [1.807, 2.05) is 32.8 Å². The second-order valence-electron chi connectivity index (χ2n) is 9.02. The minimum Gasteiger partial charge on any atom is -0.382 e. The van der Waals surface area contributed by atoms with Gasteiger partial charge in [-0.15, -0.1) is 10.2 Å². The summed E-state index contributed by atoms with van der Waals surface area (Å²) in [5.74, 6) is 5.28. The molecule has 3 N–H and O–H groups in total. The van der Waals surface area contributed by atoms with E-state index >= 15 is 0 Å². The number of likely N-dealkylation sites (tertiary alicyclic amines) is 1. The third-order valence-electron chi connectivity index (χ3n) is 6.07. The molecule has 0 aliphatic carbocycles. The molecule has 3 heterocycles. The Morgan fingerprint density at radius 3 is 2.54 bits per heavy atom. The number of hydrogen-bond donors (Lipinski definition) is 2. The summed E-state index contributed by atoms with van der Waals surface area (Å²) in [5.41, 5.74) is 5.92. The first-order valence-electron chi connectivity index (χ1n) is 12.5. The number of benzene rings is 1. The van der Waals surface area contributed by atoms with Gasteiger partial charge in [-0.3, -0.25) is 14.7 Å². The number of carbonyl (C=O) groups excluding carboxylic acids is 1. The van der Waals surface area contributed by atoms with Gasteiger partial charge in [0, 0.05) is 49.3 Å². The van der Waals surface area contributed by atoms with Crippen LogP contribution in [0.25, 0.3) is 0 Å². The van der Waals surface area contributed by atoms with Crippen LogP contribution in [0.2, 0.25) is 0 Å². The summed E-state index contributed by atoms with van der Waals surface area (Å²) in [6, 6.07) is 8.86. The lowest BCUT2D eigenvalue weighted by atomic mass is 10.0. The summed E-state index contributed by atoms with van der Waals surface area (Å²) < 4.78 is 41.7. The molecule has 8 nitrogen and oxygen atoms in total. The molecule has 1 amide bonds. The second kappa shape index (κ2) is 13.2. The van der Waals surface area contributed by atoms with Crippen molar-refractivity contribution in [3.8, 4) is 11.8 Å². The van der Waals surface area contributed by atoms with E-state index in [0.717, 1.165) is 19.0 Å². The first-order valence-corrected chi connectivity index (χ1v) is 12.5. The summed E-state index contributed by atoms with van der Waals surface area (Å²) in [4.78, 5) is 20.9. The monoisotopic (exact) mass is 539 g/mol. The highest BCUT2D eigenvalue weighted by Crippen LogP contribution is 2.35. The van der Waals surface area contributed by atoms with Crippen LogP contribution in [0, 0.1) is 11.8 Å². The number of rotatable bonds is 5. The molecule has 0 saturated carbocycles. The van der Waals surface area contributed by atoms with E-state index in [2.05, 4.69) is 37.2 Å². The van der Waals surface area contributed by atoms with E-state index in [-0.39, 0.29) is 29.2 Å². The number of hydrogen-bond acceptors (Lipinski definition) is 7. The number of pyridine rings is 1. The van der Waals surface area contributed by atoms with Crippen LogP contribution in [-0.2, 0) is 12.7 Å². The van der Waals surface area contributed by atoms with Gasteiger partial charge in [-0.05, 0) is 62.3 Å². The van der Waals surface area contributed by atoms with E-state index in [0.29, 0.717) is 23.8 Å². The zero-order valence-electron chi connectivity index (χ0n) is 22.4. The van der Waals surface area contributed by atoms with Gasteiger partial charge in [-0.25, -0.2) is 0 Å². The van der Waals surface area contributed by atoms with Crippen LogP contribution in [0.4, 0.5) is 24.7 Å². The van der Waals surface area contributed by atoms with Gasteiger partial charge in [0.1, 0.15) is 11.5 Å². The number of nitrogens with zero attached hydrogens (tertiary/aromatic N) is 5. The lowest BCUT2D eigenvalue weighted by Gasteiger charge is -2.22. The van der Waals surface area contributed by atoms with E-state index in [4.69, 9.17) is 5.73 Å². The SMILES string of the molecule is CC.CN(C)C1CCN(Cc2ccc(NC(=O)c3cncc(C#Cc4ccc(N)nn4)c3)cc2C(F)(F)F)C1. The number of nitrogens with two attached hydrogens (primary N) is 1. The van der Waals surface area contributed by atoms with E-state index < -0.39 is 17.6 Å². The third-order valence-corrected chi connectivity index (χ3v) is 6.07. The summed E-state index contributed by atoms with van der Waals surface area (Å²) in [5, 5.41) is 10.1. The minimum atomic E-state index is -4.56. The number of nitrogens with one attached hydrogen (secondary N) is 1. The molecule has 4 rings (SSSR count). The summed E-state index contributed by atoms with van der Waals surface area (Å²) in [6.45, 7) is 5.63. The van der Waals surface area contributed by atoms with Crippen molar-refractivity contribution in [1.82, 2.24) is 25.0 Å². The molecule has 1 saturated heterocycles. The van der Waals surface area contributed by atoms with Crippen LogP contribution in [-0.4, -0.2) is 64.1 Å². The normalized spacial score (nSPS) is 15.2. The van der Waals surface area contributed by atoms with E-state index in [9.17, 15) is 18.0 Å². The zero-order valence-corrected chi connectivity index (χ0v) is 22.4. The van der Waals surface area contributed by atoms with E-state index in [1.165, 1.54) is 30.6 Å². The molecule has 3 aromatic rings. The number of carbonyl (C=O) groups is 1. The Bertz CT molecular complexity index is 1330. The fraction of sp³-hybridized carbons (Fsp3) is 0.357. The fourth-order valence-electron chi connectivity index (χ4n) is 4.06. The lowest BCUT2D eigenvalue weighted by molar-refractivity contribution is -0.138. The molecule has 1 aromatic carbocycles. The van der Waals surface area contributed by atoms with Crippen molar-refractivity contribution in [2.75, 3.05) is 38.2 Å². The molecule has 11 heteroatoms. The number of nitrogen functional groups attached to an aromatic ring is 1. The molecule has 1 fully saturated rings. The number of alkyl halides is 3. The molecule has 1 atom stereocenters. The quantitative estimate of drug-likeness (QED) is 0.467. The maximum absolute atomic E-state index is 13.9. The van der Waals surface area contributed by atoms with Crippen LogP contribution in [0.5, 0.6) is 0 Å². The first kappa shape index (κ1) is 29.5. The second-order valence-corrected chi connectivity index (χ2v) is 9.02. The summed E-state index contributed by atoms with van der Waals surface area (Å²) in [6.07, 6.45) is -0.868. The van der Waals surface area contributed by atoms with Crippen LogP contribution in [0.1, 0.15) is 53.0 Å². The standard InChI is InChI=1S/C26H26F3N7O.C2H6/c1-35(2)22-9-10-36(16-22)15-18-4-6-21(12-23(18)26(27,28)29)32-25(37)19-11-17(13-31-14-19)3-5-20-7-8-24(30)34-33-20;1-2/h4,6-8,11-14,22H,9-10,15-16H2,1-2H3,(H2,30,34)(H,32,37);1-2H3. The van der Waals surface area contributed by atoms with Crippen molar-refractivity contribution in [3.63, 3.8) is 0 Å². The largest absolute Gasteiger partial charge is 0.416 e. The van der Waals surface area contributed by atoms with Crippen molar-refractivity contribution >= 4 is 17.4 Å². The number of halogens is 3. The van der Waals surface area contributed by atoms with Crippen molar-refractivity contribution in [1.29, 1.82) is 0 Å². The van der Waals surface area contributed by atoms with Crippen molar-refractivity contribution < 1.29 is 18.0 Å². The van der Waals surface area contributed by atoms with Gasteiger partial charge in [0.2, 0.25) is 0 Å². The average Bonchev–Trinajstić information content (AvgIpc) is 3.39. The van der Waals surface area contributed by atoms with E-state index in [1.54, 1.807) is 12.1 Å².